The topological polar surface area (TPSA) is 74.0 Å². The second kappa shape index (κ2) is 8.57. The van der Waals surface area contributed by atoms with Crippen LogP contribution in [0.5, 0.6) is 0 Å². The number of thiophene rings is 1. The van der Waals surface area contributed by atoms with E-state index in [1.54, 1.807) is 30.3 Å². The van der Waals surface area contributed by atoms with Crippen LogP contribution in [0, 0.1) is 20.8 Å². The molecule has 2 amide bonds. The highest BCUT2D eigenvalue weighted by Gasteiger charge is 2.17. The smallest absolute Gasteiger partial charge is 0.261 e. The van der Waals surface area contributed by atoms with Gasteiger partial charge in [0.2, 0.25) is 0 Å². The summed E-state index contributed by atoms with van der Waals surface area (Å²) in [5.41, 5.74) is 5.70. The maximum absolute atomic E-state index is 12.8. The Balaban J connectivity index is 1.45. The first-order valence-corrected chi connectivity index (χ1v) is 11.0. The Morgan fingerprint density at radius 2 is 1.81 bits per heavy atom. The van der Waals surface area contributed by atoms with Crippen LogP contribution in [0.2, 0.25) is 5.02 Å². The predicted molar refractivity (Wildman–Crippen MR) is 127 cm³/mol. The summed E-state index contributed by atoms with van der Waals surface area (Å²) in [6.45, 7) is 6.42. The molecule has 0 unspecified atom stereocenters. The van der Waals surface area contributed by atoms with E-state index in [9.17, 15) is 9.59 Å². The van der Waals surface area contributed by atoms with E-state index < -0.39 is 0 Å². The number of hydrogen-bond acceptors (Lipinski definition) is 3. The maximum Gasteiger partial charge on any atom is 0.261 e. The number of carbonyl (C=O) groups is 2. The molecule has 4 rings (SSSR count). The van der Waals surface area contributed by atoms with Gasteiger partial charge in [-0.1, -0.05) is 29.8 Å². The summed E-state index contributed by atoms with van der Waals surface area (Å²) in [5, 5.41) is 7.97. The summed E-state index contributed by atoms with van der Waals surface area (Å²) in [4.78, 5) is 29.2. The van der Waals surface area contributed by atoms with Crippen molar-refractivity contribution in [1.29, 1.82) is 0 Å². The molecule has 0 saturated heterocycles. The van der Waals surface area contributed by atoms with Crippen molar-refractivity contribution < 1.29 is 9.59 Å². The van der Waals surface area contributed by atoms with Crippen LogP contribution in [-0.4, -0.2) is 16.8 Å². The van der Waals surface area contributed by atoms with E-state index in [0.717, 1.165) is 22.3 Å². The van der Waals surface area contributed by atoms with Gasteiger partial charge in [0.25, 0.3) is 11.8 Å². The SMILES string of the molecule is Cc1cc(NC(=O)c2ccccc2Cl)sc1C(=O)NCc1ccc2[nH]c(C)c(C)c2c1. The van der Waals surface area contributed by atoms with Crippen molar-refractivity contribution in [3.63, 3.8) is 0 Å². The number of anilines is 1. The molecule has 2 aromatic heterocycles. The summed E-state index contributed by atoms with van der Waals surface area (Å²) < 4.78 is 0. The Labute approximate surface area is 189 Å². The van der Waals surface area contributed by atoms with Gasteiger partial charge < -0.3 is 15.6 Å². The predicted octanol–water partition coefficient (Wildman–Crippen LogP) is 5.99. The van der Waals surface area contributed by atoms with E-state index >= 15 is 0 Å². The molecule has 4 aromatic rings. The quantitative estimate of drug-likeness (QED) is 0.348. The maximum atomic E-state index is 12.8. The number of halogens is 1. The first-order valence-electron chi connectivity index (χ1n) is 9.86. The fourth-order valence-electron chi connectivity index (χ4n) is 3.47. The monoisotopic (exact) mass is 451 g/mol. The van der Waals surface area contributed by atoms with Crippen LogP contribution in [0.4, 0.5) is 5.00 Å². The van der Waals surface area contributed by atoms with E-state index in [4.69, 9.17) is 11.6 Å². The standard InChI is InChI=1S/C24H22ClN3O2S/c1-13-10-21(28-23(29)17-6-4-5-7-19(17)25)31-22(13)24(30)26-12-16-8-9-20-18(11-16)14(2)15(3)27-20/h4-11,27H,12H2,1-3H3,(H,26,30)(H,28,29). The van der Waals surface area contributed by atoms with Crippen molar-refractivity contribution in [3.8, 4) is 0 Å². The number of carbonyl (C=O) groups excluding carboxylic acids is 2. The largest absolute Gasteiger partial charge is 0.358 e. The number of benzene rings is 2. The van der Waals surface area contributed by atoms with Gasteiger partial charge in [-0.2, -0.15) is 0 Å². The highest BCUT2D eigenvalue weighted by molar-refractivity contribution is 7.18. The third-order valence-electron chi connectivity index (χ3n) is 5.30. The molecule has 0 spiro atoms. The number of aromatic nitrogens is 1. The number of nitrogens with one attached hydrogen (secondary N) is 3. The summed E-state index contributed by atoms with van der Waals surface area (Å²) in [7, 11) is 0. The van der Waals surface area contributed by atoms with Crippen molar-refractivity contribution in [2.75, 3.05) is 5.32 Å². The zero-order valence-corrected chi connectivity index (χ0v) is 19.0. The molecule has 0 aliphatic rings. The molecule has 0 fully saturated rings. The van der Waals surface area contributed by atoms with Crippen LogP contribution in [0.3, 0.4) is 0 Å². The van der Waals surface area contributed by atoms with Crippen LogP contribution in [0.15, 0.2) is 48.5 Å². The van der Waals surface area contributed by atoms with Gasteiger partial charge in [0.1, 0.15) is 0 Å². The Bertz CT molecular complexity index is 1310. The minimum Gasteiger partial charge on any atom is -0.358 e. The highest BCUT2D eigenvalue weighted by Crippen LogP contribution is 2.28. The normalized spacial score (nSPS) is 11.0. The Morgan fingerprint density at radius 3 is 2.58 bits per heavy atom. The van der Waals surface area contributed by atoms with Gasteiger partial charge in [0.05, 0.1) is 20.5 Å². The van der Waals surface area contributed by atoms with Crippen molar-refractivity contribution in [3.05, 3.63) is 86.4 Å². The van der Waals surface area contributed by atoms with Crippen LogP contribution in [0.1, 0.15) is 42.4 Å². The molecule has 0 aliphatic heterocycles. The molecule has 158 valence electrons. The molecule has 31 heavy (non-hydrogen) atoms. The molecule has 0 atom stereocenters. The van der Waals surface area contributed by atoms with Crippen molar-refractivity contribution >= 4 is 50.7 Å². The number of hydrogen-bond donors (Lipinski definition) is 3. The molecule has 0 bridgehead atoms. The van der Waals surface area contributed by atoms with Crippen molar-refractivity contribution in [2.24, 2.45) is 0 Å². The second-order valence-corrected chi connectivity index (χ2v) is 8.95. The molecule has 5 nitrogen and oxygen atoms in total. The molecule has 0 saturated carbocycles. The fourth-order valence-corrected chi connectivity index (χ4v) is 4.68. The van der Waals surface area contributed by atoms with Crippen molar-refractivity contribution in [2.45, 2.75) is 27.3 Å². The van der Waals surface area contributed by atoms with Gasteiger partial charge >= 0.3 is 0 Å². The number of amides is 2. The molecular formula is C24H22ClN3O2S. The lowest BCUT2D eigenvalue weighted by atomic mass is 10.1. The molecule has 2 aromatic carbocycles. The summed E-state index contributed by atoms with van der Waals surface area (Å²) in [5.74, 6) is -0.466. The van der Waals surface area contributed by atoms with Gasteiger partial charge in [0, 0.05) is 23.1 Å². The molecule has 0 radical (unpaired) electrons. The average molecular weight is 452 g/mol. The zero-order chi connectivity index (χ0) is 22.1. The summed E-state index contributed by atoms with van der Waals surface area (Å²) >= 11 is 7.34. The van der Waals surface area contributed by atoms with E-state index in [0.29, 0.717) is 27.0 Å². The Hall–Kier alpha value is -3.09. The minimum absolute atomic E-state index is 0.164. The summed E-state index contributed by atoms with van der Waals surface area (Å²) in [6, 6.07) is 14.8. The highest BCUT2D eigenvalue weighted by atomic mass is 35.5. The van der Waals surface area contributed by atoms with E-state index in [2.05, 4.69) is 35.5 Å². The summed E-state index contributed by atoms with van der Waals surface area (Å²) in [6.07, 6.45) is 0. The van der Waals surface area contributed by atoms with Crippen LogP contribution >= 0.6 is 22.9 Å². The van der Waals surface area contributed by atoms with E-state index in [1.807, 2.05) is 19.1 Å². The fraction of sp³-hybridized carbons (Fsp3) is 0.167. The lowest BCUT2D eigenvalue weighted by Crippen LogP contribution is -2.22. The average Bonchev–Trinajstić information content (AvgIpc) is 3.25. The van der Waals surface area contributed by atoms with Gasteiger partial charge in [-0.05, 0) is 67.8 Å². The zero-order valence-electron chi connectivity index (χ0n) is 17.4. The molecule has 3 N–H and O–H groups in total. The molecule has 2 heterocycles. The van der Waals surface area contributed by atoms with Gasteiger partial charge in [0.15, 0.2) is 0 Å². The molecular weight excluding hydrogens is 430 g/mol. The van der Waals surface area contributed by atoms with E-state index in [1.165, 1.54) is 22.3 Å². The Kier molecular flexibility index (Phi) is 5.85. The van der Waals surface area contributed by atoms with Crippen molar-refractivity contribution in [1.82, 2.24) is 10.3 Å². The second-order valence-electron chi connectivity index (χ2n) is 7.49. The number of fused-ring (bicyclic) bond motifs is 1. The third kappa shape index (κ3) is 4.36. The van der Waals surface area contributed by atoms with Gasteiger partial charge in [-0.3, -0.25) is 9.59 Å². The van der Waals surface area contributed by atoms with Crippen LogP contribution in [0.25, 0.3) is 10.9 Å². The number of aromatic amines is 1. The molecule has 7 heteroatoms. The number of aryl methyl sites for hydroxylation is 3. The van der Waals surface area contributed by atoms with E-state index in [-0.39, 0.29) is 11.8 Å². The van der Waals surface area contributed by atoms with Gasteiger partial charge in [-0.15, -0.1) is 11.3 Å². The lowest BCUT2D eigenvalue weighted by Gasteiger charge is -2.06. The number of H-pyrrole nitrogens is 1. The first-order chi connectivity index (χ1) is 14.8. The van der Waals surface area contributed by atoms with Gasteiger partial charge in [-0.25, -0.2) is 0 Å². The first kappa shape index (κ1) is 21.2. The lowest BCUT2D eigenvalue weighted by molar-refractivity contribution is 0.0953. The number of rotatable bonds is 5. The van der Waals surface area contributed by atoms with Crippen LogP contribution in [-0.2, 0) is 6.54 Å². The Morgan fingerprint density at radius 1 is 1.03 bits per heavy atom. The third-order valence-corrected chi connectivity index (χ3v) is 6.79. The minimum atomic E-state index is -0.302. The molecule has 0 aliphatic carbocycles. The van der Waals surface area contributed by atoms with Crippen LogP contribution < -0.4 is 10.6 Å².